The smallest absolute Gasteiger partial charge is 0.399 e. The summed E-state index contributed by atoms with van der Waals surface area (Å²) in [6.07, 6.45) is 2.40. The molecule has 0 bridgehead atoms. The van der Waals surface area contributed by atoms with Crippen LogP contribution < -0.4 is 34.1 Å². The van der Waals surface area contributed by atoms with Crippen molar-refractivity contribution in [2.45, 2.75) is 145 Å². The number of benzene rings is 12. The van der Waals surface area contributed by atoms with E-state index < -0.39 is 25.6 Å². The fraction of sp³-hybridized carbons (Fsp3) is 0.253. The first kappa shape index (κ1) is 73.0. The molecule has 14 rings (SSSR count). The number of hydrogen-bond acceptors (Lipinski definition) is 7. The van der Waals surface area contributed by atoms with Gasteiger partial charge in [0.05, 0.1) is 22.4 Å². The van der Waals surface area contributed by atoms with Crippen molar-refractivity contribution in [3.05, 3.63) is 276 Å². The molecule has 494 valence electrons. The molecule has 0 amide bonds. The van der Waals surface area contributed by atoms with Crippen LogP contribution in [0.5, 0.6) is 0 Å². The standard InChI is InChI=1S/C40H38BNO2.C34H26BrN.C9H19BO3.C4H9.Li/c1-27-15-21-30(22-16-27)42(31-23-17-28(2)18-24-31)32-25-19-29(20-26-32)37-33-11-7-9-13-35(33)38(36-14-10-8-12-34(36)37)41-43-39(3,4)40(5,6)44-41;1-23-11-17-26(18-12-23)36(27-19-13-24(2)14-20-27)28-21-15-25(16-22-28)33-29-7-3-5-9-31(29)34(35)32-10-6-4-8-30(32)33;1-7(2)11-10-12-8(3,4)9(5,6)13-10;1-3-4-2;/h7-26H,1-6H3;3-22H,1-2H3;7H,1-6H3;1,3-4H2,2H3;/q;;;-1;+1. The number of hydrogen-bond donors (Lipinski definition) is 0. The van der Waals surface area contributed by atoms with E-state index in [0.29, 0.717) is 0 Å². The van der Waals surface area contributed by atoms with Crippen LogP contribution in [0, 0.1) is 34.6 Å². The van der Waals surface area contributed by atoms with Gasteiger partial charge in [0.15, 0.2) is 0 Å². The summed E-state index contributed by atoms with van der Waals surface area (Å²) in [5, 5.41) is 9.67. The number of halogens is 1. The summed E-state index contributed by atoms with van der Waals surface area (Å²) >= 11 is 3.87. The van der Waals surface area contributed by atoms with Crippen molar-refractivity contribution in [1.29, 1.82) is 0 Å². The Morgan fingerprint density at radius 2 is 0.612 bits per heavy atom. The summed E-state index contributed by atoms with van der Waals surface area (Å²) in [6, 6.07) is 87.5. The van der Waals surface area contributed by atoms with E-state index in [1.807, 2.05) is 41.5 Å². The molecule has 2 aliphatic rings. The van der Waals surface area contributed by atoms with Crippen LogP contribution in [0.3, 0.4) is 0 Å². The Labute approximate surface area is 604 Å². The molecule has 98 heavy (non-hydrogen) atoms. The Balaban J connectivity index is 0.000000172. The molecule has 0 saturated carbocycles. The second kappa shape index (κ2) is 30.8. The maximum atomic E-state index is 6.63. The topological polar surface area (TPSA) is 52.6 Å². The molecule has 0 unspecified atom stereocenters. The van der Waals surface area contributed by atoms with E-state index in [4.69, 9.17) is 23.3 Å². The molecule has 7 nitrogen and oxygen atoms in total. The largest absolute Gasteiger partial charge is 1.00 e. The second-order valence-electron chi connectivity index (χ2n) is 27.9. The predicted molar refractivity (Wildman–Crippen MR) is 418 cm³/mol. The quantitative estimate of drug-likeness (QED) is 0.0686. The van der Waals surface area contributed by atoms with Gasteiger partial charge in [-0.25, -0.2) is 0 Å². The van der Waals surface area contributed by atoms with Gasteiger partial charge in [-0.15, -0.1) is 0 Å². The molecule has 0 spiro atoms. The third kappa shape index (κ3) is 15.7. The zero-order valence-corrected chi connectivity index (χ0v) is 61.8. The molecule has 2 fully saturated rings. The van der Waals surface area contributed by atoms with Crippen LogP contribution in [0.15, 0.2) is 247 Å². The molecule has 0 aliphatic carbocycles. The molecule has 12 aromatic rings. The number of aryl methyl sites for hydroxylation is 4. The van der Waals surface area contributed by atoms with E-state index >= 15 is 0 Å². The van der Waals surface area contributed by atoms with Crippen molar-refractivity contribution in [3.63, 3.8) is 0 Å². The molecule has 11 heteroatoms. The van der Waals surface area contributed by atoms with Crippen molar-refractivity contribution in [3.8, 4) is 22.3 Å². The monoisotopic (exact) mass is 1350 g/mol. The van der Waals surface area contributed by atoms with Crippen LogP contribution in [-0.2, 0) is 23.3 Å². The van der Waals surface area contributed by atoms with Gasteiger partial charge in [0.25, 0.3) is 0 Å². The van der Waals surface area contributed by atoms with Crippen LogP contribution in [0.4, 0.5) is 34.1 Å². The summed E-state index contributed by atoms with van der Waals surface area (Å²) in [5.74, 6) is 0. The predicted octanol–water partition coefficient (Wildman–Crippen LogP) is 21.2. The number of anilines is 6. The van der Waals surface area contributed by atoms with Gasteiger partial charge in [0.1, 0.15) is 0 Å². The van der Waals surface area contributed by atoms with E-state index in [1.54, 1.807) is 0 Å². The summed E-state index contributed by atoms with van der Waals surface area (Å²) < 4.78 is 31.1. The second-order valence-corrected chi connectivity index (χ2v) is 28.7. The van der Waals surface area contributed by atoms with Crippen LogP contribution in [-0.4, -0.2) is 42.9 Å². The fourth-order valence-electron chi connectivity index (χ4n) is 12.4. The van der Waals surface area contributed by atoms with Crippen LogP contribution >= 0.6 is 15.9 Å². The third-order valence-corrected chi connectivity index (χ3v) is 20.1. The van der Waals surface area contributed by atoms with Gasteiger partial charge in [0, 0.05) is 44.7 Å². The first-order valence-corrected chi connectivity index (χ1v) is 34.9. The number of rotatable bonds is 12. The van der Waals surface area contributed by atoms with E-state index in [1.165, 1.54) is 83.2 Å². The van der Waals surface area contributed by atoms with Crippen molar-refractivity contribution in [2.24, 2.45) is 0 Å². The summed E-state index contributed by atoms with van der Waals surface area (Å²) in [6.45, 7) is 34.7. The van der Waals surface area contributed by atoms with Crippen LogP contribution in [0.1, 0.15) is 111 Å². The molecule has 2 heterocycles. The van der Waals surface area contributed by atoms with Gasteiger partial charge >= 0.3 is 33.3 Å². The van der Waals surface area contributed by atoms with Crippen LogP contribution in [0.25, 0.3) is 65.3 Å². The van der Waals surface area contributed by atoms with E-state index in [0.717, 1.165) is 61.3 Å². The normalized spacial score (nSPS) is 14.8. The molecule has 0 atom stereocenters. The maximum absolute atomic E-state index is 6.63. The van der Waals surface area contributed by atoms with E-state index in [-0.39, 0.29) is 36.2 Å². The Morgan fingerprint density at radius 1 is 0.378 bits per heavy atom. The summed E-state index contributed by atoms with van der Waals surface area (Å²) in [7, 11) is -0.978. The zero-order valence-electron chi connectivity index (χ0n) is 60.3. The minimum atomic E-state index is -0.523. The number of unbranched alkanes of at least 4 members (excludes halogenated alkanes) is 1. The molecule has 0 N–H and O–H groups in total. The molecule has 2 saturated heterocycles. The molecular formula is C87H92B2BrLiN2O5. The molecule has 12 aromatic carbocycles. The van der Waals surface area contributed by atoms with Crippen LogP contribution in [0.2, 0.25) is 0 Å². The fourth-order valence-corrected chi connectivity index (χ4v) is 13.1. The van der Waals surface area contributed by atoms with Gasteiger partial charge in [0.2, 0.25) is 0 Å². The van der Waals surface area contributed by atoms with E-state index in [9.17, 15) is 0 Å². The van der Waals surface area contributed by atoms with Gasteiger partial charge in [-0.3, -0.25) is 0 Å². The zero-order chi connectivity index (χ0) is 69.0. The SMILES string of the molecule is CC(C)OB1OC(C)(C)C(C)(C)O1.Cc1ccc(N(c2ccc(C)cc2)c2ccc(-c3c4ccccc4c(B4OC(C)(C)C(C)(C)O4)c4ccccc34)cc2)cc1.Cc1ccc(N(c2ccc(C)cc2)c2ccc(-c3c4ccccc4c(Br)c4ccccc34)cc2)cc1.[CH2-]CCC.[Li+]. The van der Waals surface area contributed by atoms with Gasteiger partial charge in [-0.05, 0) is 256 Å². The minimum Gasteiger partial charge on any atom is -0.399 e. The molecule has 0 radical (unpaired) electrons. The van der Waals surface area contributed by atoms with Crippen molar-refractivity contribution < 1.29 is 42.1 Å². The average molecular weight is 1350 g/mol. The average Bonchev–Trinajstić information content (AvgIpc) is 1.12. The molecule has 2 aliphatic heterocycles. The maximum Gasteiger partial charge on any atom is 1.00 e. The molecule has 0 aromatic heterocycles. The first-order valence-electron chi connectivity index (χ1n) is 34.1. The van der Waals surface area contributed by atoms with Gasteiger partial charge in [-0.1, -0.05) is 205 Å². The summed E-state index contributed by atoms with van der Waals surface area (Å²) in [5.41, 5.74) is 16.4. The first-order chi connectivity index (χ1) is 46.4. The summed E-state index contributed by atoms with van der Waals surface area (Å²) in [4.78, 5) is 4.64. The number of fused-ring (bicyclic) bond motifs is 4. The van der Waals surface area contributed by atoms with Crippen molar-refractivity contribution in [2.75, 3.05) is 9.80 Å². The van der Waals surface area contributed by atoms with Crippen molar-refractivity contribution in [1.82, 2.24) is 0 Å². The van der Waals surface area contributed by atoms with E-state index in [2.05, 4.69) is 338 Å². The number of nitrogens with zero attached hydrogens (tertiary/aromatic N) is 2. The molecular weight excluding hydrogens is 1260 g/mol. The van der Waals surface area contributed by atoms with Crippen molar-refractivity contribution >= 4 is 113 Å². The Hall–Kier alpha value is -7.71. The third-order valence-electron chi connectivity index (χ3n) is 19.3. The minimum absolute atomic E-state index is 0. The van der Waals surface area contributed by atoms with Gasteiger partial charge in [-0.2, -0.15) is 6.42 Å². The Kier molecular flexibility index (Phi) is 23.0. The Morgan fingerprint density at radius 3 is 0.878 bits per heavy atom. The Bertz CT molecular complexity index is 4440. The van der Waals surface area contributed by atoms with Gasteiger partial charge < -0.3 is 40.0 Å².